The van der Waals surface area contributed by atoms with Crippen molar-refractivity contribution in [3.8, 4) is 11.4 Å². The fourth-order valence-electron chi connectivity index (χ4n) is 5.70. The van der Waals surface area contributed by atoms with Gasteiger partial charge in [-0.2, -0.15) is 5.10 Å². The highest BCUT2D eigenvalue weighted by molar-refractivity contribution is 6.34. The largest absolute Gasteiger partial charge is 0.506 e. The first-order valence-electron chi connectivity index (χ1n) is 12.9. The lowest BCUT2D eigenvalue weighted by Gasteiger charge is -2.32. The van der Waals surface area contributed by atoms with Gasteiger partial charge in [0.25, 0.3) is 5.91 Å². The highest BCUT2D eigenvalue weighted by atomic mass is 35.5. The third kappa shape index (κ3) is 4.25. The molecule has 0 radical (unpaired) electrons. The number of rotatable bonds is 5. The Bertz CT molecular complexity index is 1800. The van der Waals surface area contributed by atoms with Crippen LogP contribution in [-0.4, -0.2) is 43.0 Å². The van der Waals surface area contributed by atoms with E-state index in [1.807, 2.05) is 34.2 Å². The van der Waals surface area contributed by atoms with E-state index < -0.39 is 0 Å². The standard InChI is InChI=1S/C30H28ClN5O3/c1-17-4-9-26(37)28-21-14-30(2,11-10-23(21)34-36(17)28)15-27(38)20-7-6-19(13-22(20)31)35-16-33-24-12-18(29(39)32-3)5-8-25(24)35/h4-9,12-13,16,37H,10-11,14-15H2,1-3H3,(H,32,39)/t30-/m1/s1. The molecule has 1 atom stereocenters. The van der Waals surface area contributed by atoms with Crippen molar-refractivity contribution in [2.75, 3.05) is 7.05 Å². The highest BCUT2D eigenvalue weighted by Gasteiger charge is 2.36. The van der Waals surface area contributed by atoms with Gasteiger partial charge in [-0.25, -0.2) is 9.50 Å². The predicted molar refractivity (Wildman–Crippen MR) is 150 cm³/mol. The number of carbonyl (C=O) groups is 2. The second-order valence-corrected chi connectivity index (χ2v) is 11.1. The Kier molecular flexibility index (Phi) is 5.95. The molecule has 0 spiro atoms. The third-order valence-electron chi connectivity index (χ3n) is 7.85. The van der Waals surface area contributed by atoms with Crippen LogP contribution in [-0.2, 0) is 12.8 Å². The molecule has 0 bridgehead atoms. The van der Waals surface area contributed by atoms with Crippen molar-refractivity contribution >= 4 is 39.8 Å². The summed E-state index contributed by atoms with van der Waals surface area (Å²) in [7, 11) is 1.59. The van der Waals surface area contributed by atoms with Gasteiger partial charge < -0.3 is 10.4 Å². The molecule has 1 aliphatic rings. The van der Waals surface area contributed by atoms with Gasteiger partial charge in [0.15, 0.2) is 5.78 Å². The van der Waals surface area contributed by atoms with Crippen LogP contribution >= 0.6 is 11.6 Å². The average molecular weight is 542 g/mol. The second-order valence-electron chi connectivity index (χ2n) is 10.7. The van der Waals surface area contributed by atoms with E-state index in [1.54, 1.807) is 43.7 Å². The van der Waals surface area contributed by atoms with E-state index in [0.29, 0.717) is 34.5 Å². The number of halogens is 1. The zero-order chi connectivity index (χ0) is 27.5. The van der Waals surface area contributed by atoms with Crippen LogP contribution < -0.4 is 5.32 Å². The molecule has 39 heavy (non-hydrogen) atoms. The van der Waals surface area contributed by atoms with Gasteiger partial charge >= 0.3 is 0 Å². The number of aromatic hydroxyl groups is 1. The zero-order valence-corrected chi connectivity index (χ0v) is 22.7. The minimum atomic E-state index is -0.283. The molecule has 3 aromatic heterocycles. The Morgan fingerprint density at radius 3 is 2.74 bits per heavy atom. The number of carbonyl (C=O) groups excluding carboxylic acids is 2. The number of amides is 1. The lowest BCUT2D eigenvalue weighted by molar-refractivity contribution is 0.0907. The fourth-order valence-corrected chi connectivity index (χ4v) is 5.98. The maximum Gasteiger partial charge on any atom is 0.251 e. The third-order valence-corrected chi connectivity index (χ3v) is 8.16. The van der Waals surface area contributed by atoms with Crippen molar-refractivity contribution in [2.24, 2.45) is 5.41 Å². The van der Waals surface area contributed by atoms with Crippen molar-refractivity contribution in [3.63, 3.8) is 0 Å². The molecule has 9 heteroatoms. The van der Waals surface area contributed by atoms with E-state index in [-0.39, 0.29) is 22.9 Å². The maximum atomic E-state index is 13.5. The number of aryl methyl sites for hydroxylation is 2. The van der Waals surface area contributed by atoms with Crippen molar-refractivity contribution in [2.45, 2.75) is 39.5 Å². The van der Waals surface area contributed by atoms with Crippen molar-refractivity contribution in [3.05, 3.63) is 88.0 Å². The molecule has 1 aliphatic carbocycles. The monoisotopic (exact) mass is 541 g/mol. The van der Waals surface area contributed by atoms with Gasteiger partial charge in [0.1, 0.15) is 17.6 Å². The normalized spacial score (nSPS) is 16.9. The van der Waals surface area contributed by atoms with Gasteiger partial charge in [-0.3, -0.25) is 14.2 Å². The predicted octanol–water partition coefficient (Wildman–Crippen LogP) is 5.47. The number of pyridine rings is 1. The minimum Gasteiger partial charge on any atom is -0.506 e. The number of ketones is 1. The molecule has 0 saturated carbocycles. The van der Waals surface area contributed by atoms with E-state index in [2.05, 4.69) is 17.2 Å². The van der Waals surface area contributed by atoms with Crippen molar-refractivity contribution < 1.29 is 14.7 Å². The summed E-state index contributed by atoms with van der Waals surface area (Å²) in [5.74, 6) is 0.0225. The lowest BCUT2D eigenvalue weighted by Crippen LogP contribution is -2.28. The molecule has 6 rings (SSSR count). The zero-order valence-electron chi connectivity index (χ0n) is 22.0. The first-order valence-corrected chi connectivity index (χ1v) is 13.3. The summed E-state index contributed by atoms with van der Waals surface area (Å²) in [5, 5.41) is 18.3. The summed E-state index contributed by atoms with van der Waals surface area (Å²) >= 11 is 6.67. The summed E-state index contributed by atoms with van der Waals surface area (Å²) < 4.78 is 3.69. The Balaban J connectivity index is 1.25. The minimum absolute atomic E-state index is 0.0138. The first-order chi connectivity index (χ1) is 18.7. The Hall–Kier alpha value is -4.17. The van der Waals surface area contributed by atoms with Crippen LogP contribution in [0.1, 0.15) is 57.4 Å². The molecule has 3 heterocycles. The highest BCUT2D eigenvalue weighted by Crippen LogP contribution is 2.42. The topological polar surface area (TPSA) is 102 Å². The lowest BCUT2D eigenvalue weighted by atomic mass is 9.71. The quantitative estimate of drug-likeness (QED) is 0.287. The van der Waals surface area contributed by atoms with Crippen LogP contribution in [0.2, 0.25) is 5.02 Å². The fraction of sp³-hybridized carbons (Fsp3) is 0.267. The van der Waals surface area contributed by atoms with Crippen LogP contribution in [0.5, 0.6) is 5.75 Å². The molecule has 0 saturated heterocycles. The van der Waals surface area contributed by atoms with Crippen molar-refractivity contribution in [1.82, 2.24) is 24.5 Å². The van der Waals surface area contributed by atoms with Crippen LogP contribution in [0.25, 0.3) is 22.2 Å². The number of Topliss-reactive ketones (excluding diaryl/α,β-unsaturated/α-hetero) is 1. The molecule has 0 fully saturated rings. The molecule has 2 N–H and O–H groups in total. The molecular weight excluding hydrogens is 514 g/mol. The summed E-state index contributed by atoms with van der Waals surface area (Å²) in [5.41, 5.74) is 6.73. The SMILES string of the molecule is CNC(=O)c1ccc2c(c1)ncn2-c1ccc(C(=O)C[C@]2(C)CCc3nn4c(C)ccc(O)c4c3C2)c(Cl)c1. The molecule has 198 valence electrons. The number of hydrogen-bond donors (Lipinski definition) is 2. The summed E-state index contributed by atoms with van der Waals surface area (Å²) in [6.45, 7) is 4.09. The second kappa shape index (κ2) is 9.24. The number of hydrogen-bond acceptors (Lipinski definition) is 5. The molecule has 2 aromatic carbocycles. The van der Waals surface area contributed by atoms with Gasteiger partial charge in [-0.05, 0) is 80.1 Å². The van der Waals surface area contributed by atoms with E-state index in [0.717, 1.165) is 46.5 Å². The molecule has 5 aromatic rings. The van der Waals surface area contributed by atoms with Crippen LogP contribution in [0.4, 0.5) is 0 Å². The number of nitrogens with zero attached hydrogens (tertiary/aromatic N) is 4. The molecule has 0 unspecified atom stereocenters. The van der Waals surface area contributed by atoms with Gasteiger partial charge in [-0.1, -0.05) is 18.5 Å². The molecular formula is C30H28ClN5O3. The van der Waals surface area contributed by atoms with Gasteiger partial charge in [0.2, 0.25) is 0 Å². The number of benzene rings is 2. The van der Waals surface area contributed by atoms with Crippen molar-refractivity contribution in [1.29, 1.82) is 0 Å². The Morgan fingerprint density at radius 1 is 1.15 bits per heavy atom. The Morgan fingerprint density at radius 2 is 1.97 bits per heavy atom. The molecule has 0 aliphatic heterocycles. The first kappa shape index (κ1) is 25.1. The van der Waals surface area contributed by atoms with Crippen LogP contribution in [0, 0.1) is 12.3 Å². The Labute approximate surface area is 230 Å². The number of nitrogens with one attached hydrogen (secondary N) is 1. The number of fused-ring (bicyclic) bond motifs is 4. The molecule has 1 amide bonds. The van der Waals surface area contributed by atoms with E-state index in [4.69, 9.17) is 16.7 Å². The van der Waals surface area contributed by atoms with E-state index in [9.17, 15) is 14.7 Å². The molecule has 8 nitrogen and oxygen atoms in total. The smallest absolute Gasteiger partial charge is 0.251 e. The van der Waals surface area contributed by atoms with E-state index >= 15 is 0 Å². The number of imidazole rings is 1. The maximum absolute atomic E-state index is 13.5. The van der Waals surface area contributed by atoms with Gasteiger partial charge in [-0.15, -0.1) is 0 Å². The average Bonchev–Trinajstić information content (AvgIpc) is 3.51. The van der Waals surface area contributed by atoms with Crippen LogP contribution in [0.15, 0.2) is 54.9 Å². The van der Waals surface area contributed by atoms with Crippen LogP contribution in [0.3, 0.4) is 0 Å². The summed E-state index contributed by atoms with van der Waals surface area (Å²) in [6, 6.07) is 14.3. The van der Waals surface area contributed by atoms with E-state index in [1.165, 1.54) is 0 Å². The summed E-state index contributed by atoms with van der Waals surface area (Å²) in [6.07, 6.45) is 4.25. The van der Waals surface area contributed by atoms with Gasteiger partial charge in [0, 0.05) is 41.5 Å². The summed E-state index contributed by atoms with van der Waals surface area (Å²) in [4.78, 5) is 29.9. The number of aromatic nitrogens is 4. The van der Waals surface area contributed by atoms with Gasteiger partial charge in [0.05, 0.1) is 21.7 Å².